The van der Waals surface area contributed by atoms with Crippen LogP contribution in [0, 0.1) is 0 Å². The highest BCUT2D eigenvalue weighted by atomic mass is 16.5. The van der Waals surface area contributed by atoms with E-state index in [2.05, 4.69) is 12.1 Å². The van der Waals surface area contributed by atoms with Gasteiger partial charge >= 0.3 is 0 Å². The molecule has 1 atom stereocenters. The summed E-state index contributed by atoms with van der Waals surface area (Å²) in [6.45, 7) is 0. The van der Waals surface area contributed by atoms with E-state index in [9.17, 15) is 10.2 Å². The predicted molar refractivity (Wildman–Crippen MR) is 54.8 cm³/mol. The second-order valence-corrected chi connectivity index (χ2v) is 4.19. The van der Waals surface area contributed by atoms with E-state index in [1.165, 1.54) is 5.56 Å². The number of hydrogen-bond acceptors (Lipinski definition) is 2. The Balaban J connectivity index is 2.12. The summed E-state index contributed by atoms with van der Waals surface area (Å²) in [4.78, 5) is 0. The standard InChI is InChI=1S/C12H16O2/c13-12(14)8-4-7-11(9-12)10-5-2-1-3-6-10/h1-3,5-6,11,13-14H,4,7-9H2. The third-order valence-electron chi connectivity index (χ3n) is 2.97. The van der Waals surface area contributed by atoms with Crippen molar-refractivity contribution in [1.29, 1.82) is 0 Å². The molecule has 1 aromatic rings. The maximum absolute atomic E-state index is 9.56. The minimum atomic E-state index is -1.45. The van der Waals surface area contributed by atoms with E-state index in [-0.39, 0.29) is 0 Å². The number of aliphatic hydroxyl groups is 2. The first kappa shape index (κ1) is 9.69. The molecule has 0 heterocycles. The Hall–Kier alpha value is -0.860. The van der Waals surface area contributed by atoms with E-state index in [1.54, 1.807) is 0 Å². The topological polar surface area (TPSA) is 40.5 Å². The van der Waals surface area contributed by atoms with E-state index in [0.717, 1.165) is 12.8 Å². The summed E-state index contributed by atoms with van der Waals surface area (Å²) >= 11 is 0. The molecule has 76 valence electrons. The summed E-state index contributed by atoms with van der Waals surface area (Å²) in [6.07, 6.45) is 2.94. The van der Waals surface area contributed by atoms with Gasteiger partial charge in [-0.15, -0.1) is 0 Å². The number of benzene rings is 1. The zero-order valence-electron chi connectivity index (χ0n) is 8.19. The zero-order valence-corrected chi connectivity index (χ0v) is 8.19. The molecule has 0 amide bonds. The van der Waals surface area contributed by atoms with E-state index in [4.69, 9.17) is 0 Å². The van der Waals surface area contributed by atoms with Crippen LogP contribution >= 0.6 is 0 Å². The van der Waals surface area contributed by atoms with Crippen molar-refractivity contribution in [1.82, 2.24) is 0 Å². The quantitative estimate of drug-likeness (QED) is 0.668. The second kappa shape index (κ2) is 3.71. The summed E-state index contributed by atoms with van der Waals surface area (Å²) in [5.41, 5.74) is 1.22. The molecular formula is C12H16O2. The Morgan fingerprint density at radius 2 is 1.86 bits per heavy atom. The van der Waals surface area contributed by atoms with Crippen LogP contribution in [-0.2, 0) is 0 Å². The van der Waals surface area contributed by atoms with Crippen molar-refractivity contribution in [2.45, 2.75) is 37.4 Å². The SMILES string of the molecule is OC1(O)CCCC(c2ccccc2)C1. The van der Waals surface area contributed by atoms with Gasteiger partial charge in [0, 0.05) is 12.8 Å². The molecule has 0 aromatic heterocycles. The average molecular weight is 192 g/mol. The lowest BCUT2D eigenvalue weighted by molar-refractivity contribution is -0.184. The second-order valence-electron chi connectivity index (χ2n) is 4.19. The van der Waals surface area contributed by atoms with E-state index in [0.29, 0.717) is 18.8 Å². The molecule has 2 rings (SSSR count). The fourth-order valence-electron chi connectivity index (χ4n) is 2.24. The van der Waals surface area contributed by atoms with Crippen LogP contribution in [0.5, 0.6) is 0 Å². The van der Waals surface area contributed by atoms with Crippen LogP contribution in [-0.4, -0.2) is 16.0 Å². The highest BCUT2D eigenvalue weighted by Crippen LogP contribution is 2.36. The van der Waals surface area contributed by atoms with Gasteiger partial charge in [0.25, 0.3) is 0 Å². The van der Waals surface area contributed by atoms with Crippen molar-refractivity contribution in [3.63, 3.8) is 0 Å². The van der Waals surface area contributed by atoms with Crippen LogP contribution in [0.3, 0.4) is 0 Å². The lowest BCUT2D eigenvalue weighted by Gasteiger charge is -2.32. The molecule has 1 fully saturated rings. The lowest BCUT2D eigenvalue weighted by atomic mass is 9.81. The van der Waals surface area contributed by atoms with Gasteiger partial charge in [0.1, 0.15) is 0 Å². The fraction of sp³-hybridized carbons (Fsp3) is 0.500. The highest BCUT2D eigenvalue weighted by Gasteiger charge is 2.32. The molecule has 1 aliphatic carbocycles. The maximum atomic E-state index is 9.56. The molecule has 0 bridgehead atoms. The monoisotopic (exact) mass is 192 g/mol. The van der Waals surface area contributed by atoms with Crippen molar-refractivity contribution in [3.8, 4) is 0 Å². The van der Waals surface area contributed by atoms with Crippen LogP contribution in [0.1, 0.15) is 37.2 Å². The zero-order chi connectivity index (χ0) is 10.0. The van der Waals surface area contributed by atoms with Gasteiger partial charge in [-0.25, -0.2) is 0 Å². The third-order valence-corrected chi connectivity index (χ3v) is 2.97. The third kappa shape index (κ3) is 2.14. The molecule has 2 nitrogen and oxygen atoms in total. The number of rotatable bonds is 1. The molecule has 2 N–H and O–H groups in total. The van der Waals surface area contributed by atoms with Gasteiger partial charge in [-0.2, -0.15) is 0 Å². The Morgan fingerprint density at radius 3 is 2.50 bits per heavy atom. The minimum absolute atomic E-state index is 0.306. The van der Waals surface area contributed by atoms with Gasteiger partial charge in [-0.1, -0.05) is 30.3 Å². The molecular weight excluding hydrogens is 176 g/mol. The Kier molecular flexibility index (Phi) is 2.57. The first-order valence-corrected chi connectivity index (χ1v) is 5.17. The first-order valence-electron chi connectivity index (χ1n) is 5.17. The normalized spacial score (nSPS) is 26.0. The molecule has 1 aliphatic rings. The molecule has 2 heteroatoms. The lowest BCUT2D eigenvalue weighted by Crippen LogP contribution is -2.33. The Bertz CT molecular complexity index is 292. The molecule has 1 unspecified atom stereocenters. The summed E-state index contributed by atoms with van der Waals surface area (Å²) in [7, 11) is 0. The van der Waals surface area contributed by atoms with E-state index in [1.807, 2.05) is 18.2 Å². The summed E-state index contributed by atoms with van der Waals surface area (Å²) in [5.74, 6) is -1.14. The predicted octanol–water partition coefficient (Wildman–Crippen LogP) is 2.03. The molecule has 1 aromatic carbocycles. The van der Waals surface area contributed by atoms with Gasteiger partial charge < -0.3 is 10.2 Å². The number of hydrogen-bond donors (Lipinski definition) is 2. The van der Waals surface area contributed by atoms with Crippen molar-refractivity contribution < 1.29 is 10.2 Å². The summed E-state index contributed by atoms with van der Waals surface area (Å²) in [5, 5.41) is 19.1. The Labute approximate surface area is 84.2 Å². The van der Waals surface area contributed by atoms with Crippen molar-refractivity contribution >= 4 is 0 Å². The molecule has 0 radical (unpaired) electrons. The highest BCUT2D eigenvalue weighted by molar-refractivity contribution is 5.20. The van der Waals surface area contributed by atoms with Crippen LogP contribution in [0.25, 0.3) is 0 Å². The van der Waals surface area contributed by atoms with Crippen molar-refractivity contribution in [2.24, 2.45) is 0 Å². The van der Waals surface area contributed by atoms with Gasteiger partial charge in [0.15, 0.2) is 5.79 Å². The average Bonchev–Trinajstić information content (AvgIpc) is 2.18. The summed E-state index contributed by atoms with van der Waals surface area (Å²) in [6, 6.07) is 10.1. The minimum Gasteiger partial charge on any atom is -0.366 e. The van der Waals surface area contributed by atoms with Crippen LogP contribution in [0.4, 0.5) is 0 Å². The smallest absolute Gasteiger partial charge is 0.163 e. The van der Waals surface area contributed by atoms with Crippen molar-refractivity contribution in [2.75, 3.05) is 0 Å². The van der Waals surface area contributed by atoms with Crippen LogP contribution in [0.2, 0.25) is 0 Å². The van der Waals surface area contributed by atoms with Crippen molar-refractivity contribution in [3.05, 3.63) is 35.9 Å². The van der Waals surface area contributed by atoms with Crippen LogP contribution in [0.15, 0.2) is 30.3 Å². The molecule has 0 saturated heterocycles. The van der Waals surface area contributed by atoms with Gasteiger partial charge in [-0.05, 0) is 24.3 Å². The van der Waals surface area contributed by atoms with Gasteiger partial charge in [0.2, 0.25) is 0 Å². The molecule has 0 spiro atoms. The van der Waals surface area contributed by atoms with Gasteiger partial charge in [0.05, 0.1) is 0 Å². The fourth-order valence-corrected chi connectivity index (χ4v) is 2.24. The van der Waals surface area contributed by atoms with E-state index >= 15 is 0 Å². The molecule has 1 saturated carbocycles. The van der Waals surface area contributed by atoms with Gasteiger partial charge in [-0.3, -0.25) is 0 Å². The van der Waals surface area contributed by atoms with Crippen LogP contribution < -0.4 is 0 Å². The Morgan fingerprint density at radius 1 is 1.14 bits per heavy atom. The molecule has 14 heavy (non-hydrogen) atoms. The first-order chi connectivity index (χ1) is 6.67. The van der Waals surface area contributed by atoms with E-state index < -0.39 is 5.79 Å². The molecule has 0 aliphatic heterocycles. The maximum Gasteiger partial charge on any atom is 0.163 e. The largest absolute Gasteiger partial charge is 0.366 e. The summed E-state index contributed by atoms with van der Waals surface area (Å²) < 4.78 is 0.